The van der Waals surface area contributed by atoms with Crippen LogP contribution in [0.2, 0.25) is 5.02 Å². The Morgan fingerprint density at radius 3 is 2.42 bits per heavy atom. The third-order valence-electron chi connectivity index (χ3n) is 2.47. The van der Waals surface area contributed by atoms with Crippen LogP contribution in [0.4, 0.5) is 5.95 Å². The number of aromatic nitrogens is 2. The van der Waals surface area contributed by atoms with Crippen molar-refractivity contribution in [3.05, 3.63) is 35.4 Å². The zero-order valence-corrected chi connectivity index (χ0v) is 12.7. The van der Waals surface area contributed by atoms with Gasteiger partial charge >= 0.3 is 0 Å². The van der Waals surface area contributed by atoms with Gasteiger partial charge in [0.2, 0.25) is 5.95 Å². The molecule has 0 saturated heterocycles. The van der Waals surface area contributed by atoms with Gasteiger partial charge in [0.05, 0.1) is 5.69 Å². The predicted molar refractivity (Wildman–Crippen MR) is 83.0 cm³/mol. The number of hydrogen-bond donors (Lipinski definition) is 1. The molecule has 1 N–H and O–H groups in total. The first-order chi connectivity index (χ1) is 9.08. The standard InChI is InChI=1S/C14H16ClN3S/c1-9(2)16-14-17-12(8-13(18-14)19-3)10-4-6-11(15)7-5-10/h4-9H,1-3H3,(H,16,17,18). The van der Waals surface area contributed by atoms with E-state index in [1.165, 1.54) is 0 Å². The van der Waals surface area contributed by atoms with Crippen molar-refractivity contribution >= 4 is 29.3 Å². The summed E-state index contributed by atoms with van der Waals surface area (Å²) in [7, 11) is 0. The van der Waals surface area contributed by atoms with E-state index < -0.39 is 0 Å². The van der Waals surface area contributed by atoms with E-state index in [0.29, 0.717) is 12.0 Å². The van der Waals surface area contributed by atoms with Crippen molar-refractivity contribution in [2.24, 2.45) is 0 Å². The van der Waals surface area contributed by atoms with Crippen molar-refractivity contribution < 1.29 is 0 Å². The second-order valence-electron chi connectivity index (χ2n) is 4.43. The van der Waals surface area contributed by atoms with Crippen LogP contribution < -0.4 is 5.32 Å². The molecule has 3 nitrogen and oxygen atoms in total. The van der Waals surface area contributed by atoms with Crippen LogP contribution in [0.1, 0.15) is 13.8 Å². The Hall–Kier alpha value is -1.26. The highest BCUT2D eigenvalue weighted by atomic mass is 35.5. The fourth-order valence-corrected chi connectivity index (χ4v) is 2.15. The van der Waals surface area contributed by atoms with E-state index in [4.69, 9.17) is 11.6 Å². The maximum atomic E-state index is 5.91. The molecule has 1 aromatic carbocycles. The molecular weight excluding hydrogens is 278 g/mol. The minimum Gasteiger partial charge on any atom is -0.352 e. The lowest BCUT2D eigenvalue weighted by atomic mass is 10.1. The zero-order valence-electron chi connectivity index (χ0n) is 11.1. The number of rotatable bonds is 4. The Balaban J connectivity index is 2.41. The molecule has 5 heteroatoms. The van der Waals surface area contributed by atoms with E-state index in [1.54, 1.807) is 11.8 Å². The lowest BCUT2D eigenvalue weighted by molar-refractivity contribution is 0.865. The van der Waals surface area contributed by atoms with E-state index >= 15 is 0 Å². The van der Waals surface area contributed by atoms with Crippen molar-refractivity contribution in [1.29, 1.82) is 0 Å². The van der Waals surface area contributed by atoms with Crippen LogP contribution in [-0.2, 0) is 0 Å². The number of thioether (sulfide) groups is 1. The van der Waals surface area contributed by atoms with Gasteiger partial charge in [-0.05, 0) is 38.3 Å². The summed E-state index contributed by atoms with van der Waals surface area (Å²) in [4.78, 5) is 8.99. The SMILES string of the molecule is CSc1cc(-c2ccc(Cl)cc2)nc(NC(C)C)n1. The third kappa shape index (κ3) is 3.85. The summed E-state index contributed by atoms with van der Waals surface area (Å²) in [6, 6.07) is 9.96. The first-order valence-electron chi connectivity index (χ1n) is 6.04. The van der Waals surface area contributed by atoms with Crippen LogP contribution in [0, 0.1) is 0 Å². The zero-order chi connectivity index (χ0) is 13.8. The summed E-state index contributed by atoms with van der Waals surface area (Å²) in [5.74, 6) is 0.659. The van der Waals surface area contributed by atoms with E-state index in [1.807, 2.05) is 36.6 Å². The van der Waals surface area contributed by atoms with E-state index in [2.05, 4.69) is 29.1 Å². The molecule has 0 amide bonds. The molecule has 100 valence electrons. The fourth-order valence-electron chi connectivity index (χ4n) is 1.62. The van der Waals surface area contributed by atoms with E-state index in [0.717, 1.165) is 21.3 Å². The van der Waals surface area contributed by atoms with Crippen LogP contribution in [0.25, 0.3) is 11.3 Å². The maximum Gasteiger partial charge on any atom is 0.224 e. The van der Waals surface area contributed by atoms with Gasteiger partial charge in [-0.15, -0.1) is 11.8 Å². The summed E-state index contributed by atoms with van der Waals surface area (Å²) >= 11 is 7.51. The summed E-state index contributed by atoms with van der Waals surface area (Å²) < 4.78 is 0. The minimum atomic E-state index is 0.301. The first-order valence-corrected chi connectivity index (χ1v) is 7.64. The molecular formula is C14H16ClN3S. The first kappa shape index (κ1) is 14.2. The number of nitrogens with one attached hydrogen (secondary N) is 1. The van der Waals surface area contributed by atoms with Gasteiger partial charge in [0.25, 0.3) is 0 Å². The molecule has 2 rings (SSSR count). The molecule has 0 unspecified atom stereocenters. The molecule has 19 heavy (non-hydrogen) atoms. The van der Waals surface area contributed by atoms with Crippen molar-refractivity contribution in [2.75, 3.05) is 11.6 Å². The summed E-state index contributed by atoms with van der Waals surface area (Å²) in [6.45, 7) is 4.13. The molecule has 0 bridgehead atoms. The molecule has 0 atom stereocenters. The highest BCUT2D eigenvalue weighted by Crippen LogP contribution is 2.24. The average molecular weight is 294 g/mol. The molecule has 2 aromatic rings. The smallest absolute Gasteiger partial charge is 0.224 e. The normalized spacial score (nSPS) is 10.8. The van der Waals surface area contributed by atoms with Crippen LogP contribution in [0.5, 0.6) is 0 Å². The van der Waals surface area contributed by atoms with Crippen LogP contribution >= 0.6 is 23.4 Å². The Morgan fingerprint density at radius 1 is 1.16 bits per heavy atom. The fraction of sp³-hybridized carbons (Fsp3) is 0.286. The quantitative estimate of drug-likeness (QED) is 0.672. The predicted octanol–water partition coefficient (Wildman–Crippen LogP) is 4.34. The van der Waals surface area contributed by atoms with Gasteiger partial charge in [-0.3, -0.25) is 0 Å². The molecule has 0 aliphatic heterocycles. The lowest BCUT2D eigenvalue weighted by Crippen LogP contribution is -2.13. The van der Waals surface area contributed by atoms with Gasteiger partial charge in [0, 0.05) is 16.6 Å². The van der Waals surface area contributed by atoms with Gasteiger partial charge in [-0.1, -0.05) is 23.7 Å². The second kappa shape index (κ2) is 6.26. The number of nitrogens with zero attached hydrogens (tertiary/aromatic N) is 2. The Labute approximate surface area is 122 Å². The highest BCUT2D eigenvalue weighted by molar-refractivity contribution is 7.98. The molecule has 0 radical (unpaired) electrons. The lowest BCUT2D eigenvalue weighted by Gasteiger charge is -2.11. The minimum absolute atomic E-state index is 0.301. The second-order valence-corrected chi connectivity index (χ2v) is 5.69. The number of anilines is 1. The highest BCUT2D eigenvalue weighted by Gasteiger charge is 2.07. The molecule has 0 aliphatic rings. The Morgan fingerprint density at radius 2 is 1.84 bits per heavy atom. The van der Waals surface area contributed by atoms with Crippen molar-refractivity contribution in [3.63, 3.8) is 0 Å². The molecule has 0 saturated carbocycles. The van der Waals surface area contributed by atoms with Crippen molar-refractivity contribution in [2.45, 2.75) is 24.9 Å². The van der Waals surface area contributed by atoms with Crippen LogP contribution in [0.15, 0.2) is 35.4 Å². The number of hydrogen-bond acceptors (Lipinski definition) is 4. The summed E-state index contributed by atoms with van der Waals surface area (Å²) in [6.07, 6.45) is 2.01. The summed E-state index contributed by atoms with van der Waals surface area (Å²) in [5.41, 5.74) is 1.94. The number of halogens is 1. The van der Waals surface area contributed by atoms with Gasteiger partial charge in [-0.2, -0.15) is 0 Å². The monoisotopic (exact) mass is 293 g/mol. The van der Waals surface area contributed by atoms with Gasteiger partial charge < -0.3 is 5.32 Å². The molecule has 0 aliphatic carbocycles. The Bertz CT molecular complexity index is 555. The third-order valence-corrected chi connectivity index (χ3v) is 3.35. The van der Waals surface area contributed by atoms with Gasteiger partial charge in [0.1, 0.15) is 5.03 Å². The van der Waals surface area contributed by atoms with Crippen molar-refractivity contribution in [3.8, 4) is 11.3 Å². The van der Waals surface area contributed by atoms with Crippen LogP contribution in [0.3, 0.4) is 0 Å². The maximum absolute atomic E-state index is 5.91. The molecule has 0 fully saturated rings. The average Bonchev–Trinajstić information content (AvgIpc) is 2.38. The van der Waals surface area contributed by atoms with Crippen molar-refractivity contribution in [1.82, 2.24) is 9.97 Å². The van der Waals surface area contributed by atoms with Gasteiger partial charge in [0.15, 0.2) is 0 Å². The molecule has 1 aromatic heterocycles. The van der Waals surface area contributed by atoms with Crippen LogP contribution in [-0.4, -0.2) is 22.3 Å². The van der Waals surface area contributed by atoms with E-state index in [9.17, 15) is 0 Å². The molecule has 1 heterocycles. The summed E-state index contributed by atoms with van der Waals surface area (Å²) in [5, 5.41) is 4.91. The largest absolute Gasteiger partial charge is 0.352 e. The van der Waals surface area contributed by atoms with E-state index in [-0.39, 0.29) is 0 Å². The van der Waals surface area contributed by atoms with Gasteiger partial charge in [-0.25, -0.2) is 9.97 Å². The molecule has 0 spiro atoms. The Kier molecular flexibility index (Phi) is 4.66. The topological polar surface area (TPSA) is 37.8 Å². The number of benzene rings is 1.